The van der Waals surface area contributed by atoms with E-state index in [4.69, 9.17) is 5.73 Å². The average Bonchev–Trinajstić information content (AvgIpc) is 4.16. The Morgan fingerprint density at radius 1 is 0.750 bits per heavy atom. The molecule has 1 saturated heterocycles. The Balaban J connectivity index is 0.723. The third kappa shape index (κ3) is 8.97. The summed E-state index contributed by atoms with van der Waals surface area (Å²) < 4.78 is 4.28. The van der Waals surface area contributed by atoms with Crippen molar-refractivity contribution in [2.75, 3.05) is 47.4 Å². The highest BCUT2D eigenvalue weighted by Crippen LogP contribution is 2.39. The molecule has 2 aromatic carbocycles. The van der Waals surface area contributed by atoms with Gasteiger partial charge in [-0.05, 0) is 131 Å². The van der Waals surface area contributed by atoms with Crippen molar-refractivity contribution in [2.45, 2.75) is 67.3 Å². The molecule has 64 heavy (non-hydrogen) atoms. The van der Waals surface area contributed by atoms with E-state index in [2.05, 4.69) is 77.6 Å². The molecule has 0 radical (unpaired) electrons. The molecule has 18 nitrogen and oxygen atoms in total. The van der Waals surface area contributed by atoms with Crippen LogP contribution in [0.25, 0.3) is 0 Å². The molecule has 10 rings (SSSR count). The zero-order valence-corrected chi connectivity index (χ0v) is 37.2. The van der Waals surface area contributed by atoms with Crippen LogP contribution in [0.5, 0.6) is 0 Å². The molecule has 330 valence electrons. The van der Waals surface area contributed by atoms with Gasteiger partial charge in [-0.25, -0.2) is 19.8 Å². The number of hydrogen-bond donors (Lipinski definition) is 9. The lowest BCUT2D eigenvalue weighted by atomic mass is 9.87. The van der Waals surface area contributed by atoms with Crippen molar-refractivity contribution in [3.63, 3.8) is 0 Å². The standard InChI is InChI=1S/C44H50N16O2S2/c1-28-21-36(54-52-28)50-40-26-57(24-38-46-15-19-59(38)40)63-34-7-3-32(4-8-34)48-42(61)30-12-17-56(18-13-30)44(14-11-31(45)23-44)43(62)49-33-5-9-35(10-6-33)64-58-25-39-47-16-20-60(39)41(27-58)51-37-22-29(2)53-55-37/h3-10,15-16,19-22,26-27,30-31H,11-14,17-18,23-25,45H2,1-2H3,(H,48,61)(H,49,62)(H2,50,52,54)(H2,51,53,55)/p+2. The van der Waals surface area contributed by atoms with Gasteiger partial charge in [-0.1, -0.05) is 0 Å². The van der Waals surface area contributed by atoms with Crippen molar-refractivity contribution >= 4 is 70.4 Å². The summed E-state index contributed by atoms with van der Waals surface area (Å²) in [6.45, 7) is 6.54. The third-order valence-electron chi connectivity index (χ3n) is 12.3. The van der Waals surface area contributed by atoms with E-state index >= 15 is 0 Å². The maximum atomic E-state index is 14.3. The fraction of sp³-hybridized carbons (Fsp3) is 0.318. The fourth-order valence-corrected chi connectivity index (χ4v) is 10.8. The SMILES string of the molecule is Cc1cc(NC2=CN(Sc3ccc(NC(=O)C4CCN(C5(C(=O)Nc6ccc(SN7C=C(Nc8cc(C)[nH]n8)[NH+]8C=CN=C8C7)cc6)CCC(N)C5)CC4)cc3)CC3=NC=C[NH+]23)n[nH]1. The number of quaternary nitrogens is 2. The number of anilines is 4. The van der Waals surface area contributed by atoms with Crippen LogP contribution in [0.1, 0.15) is 43.5 Å². The van der Waals surface area contributed by atoms with E-state index in [1.807, 2.05) is 99.3 Å². The van der Waals surface area contributed by atoms with Crippen molar-refractivity contribution in [3.8, 4) is 0 Å². The second kappa shape index (κ2) is 17.8. The van der Waals surface area contributed by atoms with Crippen molar-refractivity contribution in [1.82, 2.24) is 33.9 Å². The van der Waals surface area contributed by atoms with Crippen molar-refractivity contribution in [2.24, 2.45) is 21.6 Å². The minimum absolute atomic E-state index is 0.00415. The van der Waals surface area contributed by atoms with Crippen molar-refractivity contribution in [1.29, 1.82) is 0 Å². The molecule has 1 aliphatic carbocycles. The van der Waals surface area contributed by atoms with E-state index in [1.54, 1.807) is 23.9 Å². The van der Waals surface area contributed by atoms with E-state index in [1.165, 1.54) is 0 Å². The van der Waals surface area contributed by atoms with Gasteiger partial charge >= 0.3 is 0 Å². The molecule has 4 atom stereocenters. The van der Waals surface area contributed by atoms with Crippen LogP contribution in [-0.2, 0) is 9.59 Å². The number of likely N-dealkylation sites (tertiary alicyclic amines) is 1. The Morgan fingerprint density at radius 2 is 1.27 bits per heavy atom. The largest absolute Gasteiger partial charge is 0.328 e. The number of nitrogens with zero attached hydrogens (tertiary/aromatic N) is 7. The van der Waals surface area contributed by atoms with E-state index in [9.17, 15) is 9.59 Å². The van der Waals surface area contributed by atoms with Crippen LogP contribution in [0.15, 0.2) is 129 Å². The minimum Gasteiger partial charge on any atom is -0.328 e. The van der Waals surface area contributed by atoms with E-state index in [-0.39, 0.29) is 23.8 Å². The first-order chi connectivity index (χ1) is 31.1. The highest BCUT2D eigenvalue weighted by Gasteiger charge is 2.50. The van der Waals surface area contributed by atoms with Crippen LogP contribution in [-0.4, -0.2) is 95.2 Å². The molecular formula is C44H52N16O2S2+2. The van der Waals surface area contributed by atoms with Gasteiger partial charge in [-0.3, -0.25) is 43.9 Å². The Kier molecular flexibility index (Phi) is 11.6. The van der Waals surface area contributed by atoms with Gasteiger partial charge in [0.05, 0.1) is 24.8 Å². The summed E-state index contributed by atoms with van der Waals surface area (Å²) in [6.07, 6.45) is 15.2. The topological polar surface area (TPSA) is 209 Å². The predicted octanol–water partition coefficient (Wildman–Crippen LogP) is 3.29. The van der Waals surface area contributed by atoms with Crippen LogP contribution in [0.3, 0.4) is 0 Å². The average molecular weight is 901 g/mol. The zero-order valence-electron chi connectivity index (χ0n) is 35.6. The maximum Gasteiger partial charge on any atom is 0.244 e. The van der Waals surface area contributed by atoms with E-state index in [0.29, 0.717) is 51.9 Å². The number of aliphatic imine (C=N–C) groups is 2. The molecule has 2 aromatic heterocycles. The number of aryl methyl sites for hydroxylation is 2. The first-order valence-corrected chi connectivity index (χ1v) is 23.1. The summed E-state index contributed by atoms with van der Waals surface area (Å²) in [5.41, 5.74) is 9.22. The molecule has 0 bridgehead atoms. The molecule has 10 N–H and O–H groups in total. The Bertz CT molecular complexity index is 2590. The number of carbonyl (C=O) groups is 2. The van der Waals surface area contributed by atoms with Gasteiger partial charge in [0.2, 0.25) is 35.1 Å². The molecule has 0 spiro atoms. The number of nitrogens with one attached hydrogen (secondary N) is 8. The normalized spacial score (nSPS) is 24.1. The number of piperidine rings is 1. The lowest BCUT2D eigenvalue weighted by molar-refractivity contribution is -0.699. The van der Waals surface area contributed by atoms with Crippen LogP contribution in [0.4, 0.5) is 23.0 Å². The summed E-state index contributed by atoms with van der Waals surface area (Å²) in [5, 5.41) is 27.9. The molecule has 5 aliphatic heterocycles. The summed E-state index contributed by atoms with van der Waals surface area (Å²) in [5.74, 6) is 5.16. The monoisotopic (exact) mass is 900 g/mol. The fourth-order valence-electron chi connectivity index (χ4n) is 9.08. The number of amides is 2. The second-order valence-electron chi connectivity index (χ2n) is 16.9. The molecule has 6 aliphatic rings. The zero-order chi connectivity index (χ0) is 43.8. The van der Waals surface area contributed by atoms with Crippen LogP contribution in [0.2, 0.25) is 0 Å². The van der Waals surface area contributed by atoms with Gasteiger partial charge < -0.3 is 16.4 Å². The van der Waals surface area contributed by atoms with Crippen LogP contribution in [0, 0.1) is 19.8 Å². The number of H-pyrrole nitrogens is 2. The molecule has 4 unspecified atom stereocenters. The Labute approximate surface area is 379 Å². The van der Waals surface area contributed by atoms with E-state index < -0.39 is 5.54 Å². The summed E-state index contributed by atoms with van der Waals surface area (Å²) in [7, 11) is 0. The van der Waals surface area contributed by atoms with Crippen LogP contribution >= 0.6 is 23.9 Å². The smallest absolute Gasteiger partial charge is 0.244 e. The first kappa shape index (κ1) is 41.8. The lowest BCUT2D eigenvalue weighted by Crippen LogP contribution is -3.10. The first-order valence-electron chi connectivity index (χ1n) is 21.6. The van der Waals surface area contributed by atoms with Crippen molar-refractivity contribution in [3.05, 3.63) is 121 Å². The number of aromatic nitrogens is 4. The molecule has 7 heterocycles. The molecule has 2 fully saturated rings. The third-order valence-corrected chi connectivity index (χ3v) is 14.2. The number of hydrogen-bond acceptors (Lipinski definition) is 14. The second-order valence-corrected chi connectivity index (χ2v) is 19.2. The number of rotatable bonds is 13. The molecule has 20 heteroatoms. The highest BCUT2D eigenvalue weighted by molar-refractivity contribution is 7.97. The highest BCUT2D eigenvalue weighted by atomic mass is 32.2. The van der Waals surface area contributed by atoms with Gasteiger partial charge in [-0.2, -0.15) is 10.2 Å². The number of amidine groups is 2. The van der Waals surface area contributed by atoms with Gasteiger partial charge in [0.15, 0.2) is 11.6 Å². The molecule has 1 saturated carbocycles. The number of benzene rings is 2. The predicted molar refractivity (Wildman–Crippen MR) is 249 cm³/mol. The van der Waals surface area contributed by atoms with Crippen LogP contribution < -0.4 is 36.8 Å². The molecular weight excluding hydrogens is 849 g/mol. The van der Waals surface area contributed by atoms with Gasteiger partial charge in [0.25, 0.3) is 0 Å². The maximum absolute atomic E-state index is 14.3. The van der Waals surface area contributed by atoms with Gasteiger partial charge in [0.1, 0.15) is 31.0 Å². The molecule has 2 amide bonds. The Hall–Kier alpha value is -6.16. The number of nitrogens with two attached hydrogens (primary N) is 1. The van der Waals surface area contributed by atoms with Gasteiger partial charge in [0, 0.05) is 56.6 Å². The molecule has 4 aromatic rings. The summed E-state index contributed by atoms with van der Waals surface area (Å²) in [4.78, 5) is 43.5. The number of carbonyl (C=O) groups excluding carboxylic acids is 2. The summed E-state index contributed by atoms with van der Waals surface area (Å²) >= 11 is 3.21. The number of aromatic amines is 2. The van der Waals surface area contributed by atoms with E-state index in [0.717, 1.165) is 83.7 Å². The van der Waals surface area contributed by atoms with Gasteiger partial charge in [-0.15, -0.1) is 0 Å². The Morgan fingerprint density at radius 3 is 1.73 bits per heavy atom. The lowest BCUT2D eigenvalue weighted by Gasteiger charge is -2.43. The quantitative estimate of drug-likeness (QED) is 0.0887. The van der Waals surface area contributed by atoms with Crippen molar-refractivity contribution < 1.29 is 19.4 Å². The summed E-state index contributed by atoms with van der Waals surface area (Å²) in [6, 6.07) is 19.8. The minimum atomic E-state index is -0.723. The number of fused-ring (bicyclic) bond motifs is 2.